The Bertz CT molecular complexity index is 746. The van der Waals surface area contributed by atoms with Crippen molar-refractivity contribution in [3.63, 3.8) is 0 Å². The van der Waals surface area contributed by atoms with Crippen LogP contribution in [0.1, 0.15) is 57.4 Å². The second-order valence-electron chi connectivity index (χ2n) is 8.04. The van der Waals surface area contributed by atoms with Crippen LogP contribution in [0.2, 0.25) is 5.02 Å². The van der Waals surface area contributed by atoms with Gasteiger partial charge in [0, 0.05) is 30.6 Å². The third kappa shape index (κ3) is 5.95. The maximum atomic E-state index is 12.5. The standard InChI is InChI=1S/C22H29ClN2O4/c1-15(21(27)24-18-9-4-2-3-5-10-18)29-22(28)17-12-20(26)25(14-17)13-16-8-6-7-11-19(16)23/h6-8,11,15,17-18H,2-5,9-10,12-14H2,1H3,(H,24,27)/t15-,17+/m0/s1. The molecule has 2 aliphatic rings. The Morgan fingerprint density at radius 1 is 1.21 bits per heavy atom. The van der Waals surface area contributed by atoms with Crippen molar-refractivity contribution < 1.29 is 19.1 Å². The molecule has 7 heteroatoms. The zero-order valence-corrected chi connectivity index (χ0v) is 17.6. The van der Waals surface area contributed by atoms with E-state index in [1.165, 1.54) is 12.8 Å². The Labute approximate surface area is 176 Å². The number of nitrogens with one attached hydrogen (secondary N) is 1. The number of rotatable bonds is 6. The number of benzene rings is 1. The highest BCUT2D eigenvalue weighted by atomic mass is 35.5. The van der Waals surface area contributed by atoms with E-state index in [9.17, 15) is 14.4 Å². The molecule has 1 aliphatic carbocycles. The summed E-state index contributed by atoms with van der Waals surface area (Å²) in [6, 6.07) is 7.49. The van der Waals surface area contributed by atoms with Crippen LogP contribution >= 0.6 is 11.6 Å². The number of ether oxygens (including phenoxy) is 1. The minimum Gasteiger partial charge on any atom is -0.452 e. The van der Waals surface area contributed by atoms with Gasteiger partial charge in [-0.1, -0.05) is 55.5 Å². The summed E-state index contributed by atoms with van der Waals surface area (Å²) in [5.74, 6) is -1.42. The van der Waals surface area contributed by atoms with Crippen LogP contribution in [0.3, 0.4) is 0 Å². The molecule has 6 nitrogen and oxygen atoms in total. The predicted octanol–water partition coefficient (Wildman–Crippen LogP) is 3.46. The molecule has 0 spiro atoms. The minimum absolute atomic E-state index is 0.0975. The molecule has 2 fully saturated rings. The summed E-state index contributed by atoms with van der Waals surface area (Å²) in [4.78, 5) is 38.8. The average molecular weight is 421 g/mol. The molecule has 2 atom stereocenters. The quantitative estimate of drug-likeness (QED) is 0.564. The Balaban J connectivity index is 1.49. The Hall–Kier alpha value is -2.08. The van der Waals surface area contributed by atoms with Gasteiger partial charge in [-0.2, -0.15) is 0 Å². The summed E-state index contributed by atoms with van der Waals surface area (Å²) < 4.78 is 5.38. The van der Waals surface area contributed by atoms with E-state index in [2.05, 4.69) is 5.32 Å². The van der Waals surface area contributed by atoms with Gasteiger partial charge >= 0.3 is 5.97 Å². The van der Waals surface area contributed by atoms with Gasteiger partial charge in [0.2, 0.25) is 5.91 Å². The van der Waals surface area contributed by atoms with Crippen LogP contribution in [0.5, 0.6) is 0 Å². The zero-order chi connectivity index (χ0) is 20.8. The first-order valence-corrected chi connectivity index (χ1v) is 10.8. The average Bonchev–Trinajstić information content (AvgIpc) is 2.89. The Morgan fingerprint density at radius 2 is 1.90 bits per heavy atom. The van der Waals surface area contributed by atoms with Crippen LogP contribution in [-0.4, -0.2) is 41.4 Å². The molecule has 29 heavy (non-hydrogen) atoms. The maximum absolute atomic E-state index is 12.5. The van der Waals surface area contributed by atoms with E-state index < -0.39 is 18.0 Å². The molecule has 158 valence electrons. The second kappa shape index (κ2) is 10.1. The van der Waals surface area contributed by atoms with Gasteiger partial charge in [-0.25, -0.2) is 0 Å². The molecule has 0 aromatic heterocycles. The Kier molecular flexibility index (Phi) is 7.53. The van der Waals surface area contributed by atoms with Gasteiger partial charge in [-0.15, -0.1) is 0 Å². The zero-order valence-electron chi connectivity index (χ0n) is 16.9. The molecule has 0 unspecified atom stereocenters. The molecular weight excluding hydrogens is 392 g/mol. The molecule has 1 aliphatic heterocycles. The number of hydrogen-bond donors (Lipinski definition) is 1. The van der Waals surface area contributed by atoms with Gasteiger partial charge < -0.3 is 15.0 Å². The summed E-state index contributed by atoms with van der Waals surface area (Å²) in [6.07, 6.45) is 5.82. The molecular formula is C22H29ClN2O4. The third-order valence-electron chi connectivity index (χ3n) is 5.73. The predicted molar refractivity (Wildman–Crippen MR) is 110 cm³/mol. The fourth-order valence-corrected chi connectivity index (χ4v) is 4.18. The van der Waals surface area contributed by atoms with Gasteiger partial charge in [0.25, 0.3) is 5.91 Å². The fourth-order valence-electron chi connectivity index (χ4n) is 3.98. The largest absolute Gasteiger partial charge is 0.452 e. The van der Waals surface area contributed by atoms with Gasteiger partial charge in [-0.05, 0) is 31.4 Å². The molecule has 1 heterocycles. The summed E-state index contributed by atoms with van der Waals surface area (Å²) in [5, 5.41) is 3.60. The number of nitrogens with zero attached hydrogens (tertiary/aromatic N) is 1. The smallest absolute Gasteiger partial charge is 0.312 e. The number of likely N-dealkylation sites (tertiary alicyclic amines) is 1. The number of carbonyl (C=O) groups is 3. The molecule has 1 saturated carbocycles. The third-order valence-corrected chi connectivity index (χ3v) is 6.10. The second-order valence-corrected chi connectivity index (χ2v) is 8.45. The lowest BCUT2D eigenvalue weighted by atomic mass is 10.1. The number of amides is 2. The molecule has 2 amide bonds. The SMILES string of the molecule is C[C@H](OC(=O)[C@@H]1CC(=O)N(Cc2ccccc2Cl)C1)C(=O)NC1CCCCCC1. The first-order valence-electron chi connectivity index (χ1n) is 10.5. The summed E-state index contributed by atoms with van der Waals surface area (Å²) >= 11 is 6.17. The first kappa shape index (κ1) is 21.6. The van der Waals surface area contributed by atoms with Gasteiger partial charge in [0.1, 0.15) is 0 Å². The maximum Gasteiger partial charge on any atom is 0.312 e. The van der Waals surface area contributed by atoms with Crippen molar-refractivity contribution in [2.45, 2.75) is 70.6 Å². The summed E-state index contributed by atoms with van der Waals surface area (Å²) in [5.41, 5.74) is 0.840. The van der Waals surface area contributed by atoms with Crippen molar-refractivity contribution in [3.05, 3.63) is 34.9 Å². The van der Waals surface area contributed by atoms with Gasteiger partial charge in [0.05, 0.1) is 5.92 Å². The first-order chi connectivity index (χ1) is 13.9. The lowest BCUT2D eigenvalue weighted by Gasteiger charge is -2.21. The highest BCUT2D eigenvalue weighted by Crippen LogP contribution is 2.25. The van der Waals surface area contributed by atoms with Crippen LogP contribution in [-0.2, 0) is 25.7 Å². The fraction of sp³-hybridized carbons (Fsp3) is 0.591. The van der Waals surface area contributed by atoms with E-state index in [1.807, 2.05) is 18.2 Å². The van der Waals surface area contributed by atoms with Crippen LogP contribution in [0.25, 0.3) is 0 Å². The van der Waals surface area contributed by atoms with Crippen LogP contribution < -0.4 is 5.32 Å². The number of halogens is 1. The van der Waals surface area contributed by atoms with E-state index in [0.717, 1.165) is 31.2 Å². The molecule has 1 N–H and O–H groups in total. The minimum atomic E-state index is -0.863. The summed E-state index contributed by atoms with van der Waals surface area (Å²) in [7, 11) is 0. The highest BCUT2D eigenvalue weighted by Gasteiger charge is 2.37. The molecule has 0 bridgehead atoms. The van der Waals surface area contributed by atoms with Gasteiger partial charge in [0.15, 0.2) is 6.10 Å². The van der Waals surface area contributed by atoms with Crippen molar-refractivity contribution in [1.82, 2.24) is 10.2 Å². The normalized spacial score (nSPS) is 21.5. The lowest BCUT2D eigenvalue weighted by Crippen LogP contribution is -2.42. The van der Waals surface area contributed by atoms with E-state index in [-0.39, 0.29) is 30.8 Å². The van der Waals surface area contributed by atoms with Gasteiger partial charge in [-0.3, -0.25) is 14.4 Å². The van der Waals surface area contributed by atoms with Crippen molar-refractivity contribution >= 4 is 29.4 Å². The summed E-state index contributed by atoms with van der Waals surface area (Å²) in [6.45, 7) is 2.22. The molecule has 1 aromatic rings. The van der Waals surface area contributed by atoms with Crippen molar-refractivity contribution in [1.29, 1.82) is 0 Å². The van der Waals surface area contributed by atoms with Crippen LogP contribution in [0, 0.1) is 5.92 Å². The van der Waals surface area contributed by atoms with E-state index in [1.54, 1.807) is 17.9 Å². The Morgan fingerprint density at radius 3 is 2.59 bits per heavy atom. The molecule has 1 aromatic carbocycles. The highest BCUT2D eigenvalue weighted by molar-refractivity contribution is 6.31. The molecule has 1 saturated heterocycles. The topological polar surface area (TPSA) is 75.7 Å². The van der Waals surface area contributed by atoms with Crippen molar-refractivity contribution in [2.24, 2.45) is 5.92 Å². The lowest BCUT2D eigenvalue weighted by molar-refractivity contribution is -0.158. The van der Waals surface area contributed by atoms with E-state index in [4.69, 9.17) is 16.3 Å². The van der Waals surface area contributed by atoms with Crippen molar-refractivity contribution in [3.8, 4) is 0 Å². The molecule has 0 radical (unpaired) electrons. The van der Waals surface area contributed by atoms with Crippen molar-refractivity contribution in [2.75, 3.05) is 6.54 Å². The number of carbonyl (C=O) groups excluding carboxylic acids is 3. The van der Waals surface area contributed by atoms with E-state index >= 15 is 0 Å². The molecule has 3 rings (SSSR count). The van der Waals surface area contributed by atoms with Crippen LogP contribution in [0.15, 0.2) is 24.3 Å². The number of esters is 1. The monoisotopic (exact) mass is 420 g/mol. The number of hydrogen-bond acceptors (Lipinski definition) is 4. The van der Waals surface area contributed by atoms with Crippen LogP contribution in [0.4, 0.5) is 0 Å². The van der Waals surface area contributed by atoms with E-state index in [0.29, 0.717) is 11.6 Å².